The van der Waals surface area contributed by atoms with E-state index in [0.717, 1.165) is 11.3 Å². The van der Waals surface area contributed by atoms with Crippen LogP contribution < -0.4 is 19.7 Å². The van der Waals surface area contributed by atoms with Crippen LogP contribution in [-0.2, 0) is 21.5 Å². The Kier molecular flexibility index (Phi) is 8.42. The second-order valence-electron chi connectivity index (χ2n) is 10.5. The topological polar surface area (TPSA) is 135 Å². The minimum absolute atomic E-state index is 0.0748. The lowest BCUT2D eigenvalue weighted by Crippen LogP contribution is -2.58. The lowest BCUT2D eigenvalue weighted by molar-refractivity contribution is -0.121. The fourth-order valence-electron chi connectivity index (χ4n) is 4.80. The van der Waals surface area contributed by atoms with Crippen molar-refractivity contribution in [1.82, 2.24) is 33.4 Å². The molecule has 0 radical (unpaired) electrons. The quantitative estimate of drug-likeness (QED) is 0.398. The molecule has 0 bridgehead atoms. The number of benzene rings is 1. The first kappa shape index (κ1) is 28.8. The number of carbonyl (C=O) groups is 1. The van der Waals surface area contributed by atoms with E-state index < -0.39 is 16.3 Å². The van der Waals surface area contributed by atoms with E-state index in [1.807, 2.05) is 43.0 Å². The smallest absolute Gasteiger partial charge is 0.281 e. The van der Waals surface area contributed by atoms with Crippen LogP contribution in [0.1, 0.15) is 37.4 Å². The van der Waals surface area contributed by atoms with Crippen LogP contribution in [0, 0.1) is 0 Å². The Labute approximate surface area is 240 Å². The fourth-order valence-corrected chi connectivity index (χ4v) is 5.94. The largest absolute Gasteiger partial charge is 0.486 e. The third kappa shape index (κ3) is 6.44. The molecule has 0 aliphatic carbocycles. The van der Waals surface area contributed by atoms with Crippen LogP contribution in [0.3, 0.4) is 0 Å². The van der Waals surface area contributed by atoms with Gasteiger partial charge in [0.1, 0.15) is 25.4 Å². The van der Waals surface area contributed by atoms with Gasteiger partial charge in [0, 0.05) is 65.2 Å². The zero-order chi connectivity index (χ0) is 29.1. The summed E-state index contributed by atoms with van der Waals surface area (Å²) >= 11 is 0. The van der Waals surface area contributed by atoms with Gasteiger partial charge in [-0.05, 0) is 23.6 Å². The highest BCUT2D eigenvalue weighted by molar-refractivity contribution is 7.86. The van der Waals surface area contributed by atoms with Crippen molar-refractivity contribution in [2.45, 2.75) is 38.8 Å². The molecule has 5 rings (SSSR count). The van der Waals surface area contributed by atoms with Crippen molar-refractivity contribution < 1.29 is 22.7 Å². The molecular weight excluding hydrogens is 548 g/mol. The summed E-state index contributed by atoms with van der Waals surface area (Å²) in [5.74, 6) is 2.37. The number of carbonyl (C=O) groups excluding carboxylic acids is 1. The van der Waals surface area contributed by atoms with Gasteiger partial charge in [-0.2, -0.15) is 22.0 Å². The average molecular weight is 585 g/mol. The lowest BCUT2D eigenvalue weighted by atomic mass is 10.1. The molecule has 0 spiro atoms. The molecule has 13 nitrogen and oxygen atoms in total. The SMILES string of the molecule is CC(C)c1cc(N2CCN(S(=O)(=O)N(C)C)CC2CC(=O)NCc2ccc3c(c2)OCCO3)nc(-n2ccnc2)n1. The summed E-state index contributed by atoms with van der Waals surface area (Å²) in [5, 5.41) is 2.98. The van der Waals surface area contributed by atoms with Crippen LogP contribution in [0.25, 0.3) is 5.95 Å². The van der Waals surface area contributed by atoms with Gasteiger partial charge < -0.3 is 19.7 Å². The minimum Gasteiger partial charge on any atom is -0.486 e. The number of ether oxygens (including phenoxy) is 2. The normalized spacial score (nSPS) is 17.7. The average Bonchev–Trinajstić information content (AvgIpc) is 3.51. The number of nitrogens with zero attached hydrogens (tertiary/aromatic N) is 7. The summed E-state index contributed by atoms with van der Waals surface area (Å²) in [7, 11) is -0.651. The number of imidazole rings is 1. The van der Waals surface area contributed by atoms with Crippen LogP contribution >= 0.6 is 0 Å². The van der Waals surface area contributed by atoms with E-state index in [4.69, 9.17) is 19.4 Å². The monoisotopic (exact) mass is 584 g/mol. The number of piperazine rings is 1. The number of aromatic nitrogens is 4. The fraction of sp³-hybridized carbons (Fsp3) is 0.481. The molecule has 41 heavy (non-hydrogen) atoms. The van der Waals surface area contributed by atoms with Crippen molar-refractivity contribution in [2.75, 3.05) is 51.8 Å². The Hall–Kier alpha value is -3.75. The van der Waals surface area contributed by atoms with E-state index in [1.165, 1.54) is 22.7 Å². The number of amides is 1. The number of anilines is 1. The van der Waals surface area contributed by atoms with Crippen LogP contribution in [0.5, 0.6) is 11.5 Å². The number of nitrogens with one attached hydrogen (secondary N) is 1. The summed E-state index contributed by atoms with van der Waals surface area (Å²) in [6.07, 6.45) is 5.14. The zero-order valence-electron chi connectivity index (χ0n) is 23.7. The number of rotatable bonds is 9. The Morgan fingerprint density at radius 1 is 1.12 bits per heavy atom. The first-order chi connectivity index (χ1) is 19.6. The van der Waals surface area contributed by atoms with Crippen molar-refractivity contribution >= 4 is 21.9 Å². The van der Waals surface area contributed by atoms with E-state index in [9.17, 15) is 13.2 Å². The van der Waals surface area contributed by atoms with Gasteiger partial charge in [0.2, 0.25) is 11.9 Å². The van der Waals surface area contributed by atoms with Gasteiger partial charge in [-0.3, -0.25) is 9.36 Å². The predicted molar refractivity (Wildman–Crippen MR) is 152 cm³/mol. The molecule has 1 unspecified atom stereocenters. The maximum Gasteiger partial charge on any atom is 0.281 e. The molecule has 220 valence electrons. The number of hydrogen-bond acceptors (Lipinski definition) is 9. The lowest BCUT2D eigenvalue weighted by Gasteiger charge is -2.42. The number of hydrogen-bond donors (Lipinski definition) is 1. The first-order valence-corrected chi connectivity index (χ1v) is 15.0. The third-order valence-corrected chi connectivity index (χ3v) is 9.00. The Morgan fingerprint density at radius 3 is 2.61 bits per heavy atom. The molecule has 0 saturated carbocycles. The summed E-state index contributed by atoms with van der Waals surface area (Å²) in [6, 6.07) is 7.05. The van der Waals surface area contributed by atoms with Crippen LogP contribution in [0.15, 0.2) is 43.0 Å². The van der Waals surface area contributed by atoms with Crippen molar-refractivity contribution in [2.24, 2.45) is 0 Å². The second kappa shape index (κ2) is 12.0. The summed E-state index contributed by atoms with van der Waals surface area (Å²) in [5.41, 5.74) is 1.71. The molecule has 2 aliphatic heterocycles. The van der Waals surface area contributed by atoms with E-state index in [2.05, 4.69) is 10.3 Å². The summed E-state index contributed by atoms with van der Waals surface area (Å²) in [4.78, 5) is 28.9. The molecule has 14 heteroatoms. The standard InChI is InChI=1S/C27H36N8O5S/c1-19(2)22-15-25(31-27(30-22)33-8-7-28-18-33)35-10-9-34(41(37,38)32(3)4)17-21(35)14-26(36)29-16-20-5-6-23-24(13-20)40-12-11-39-23/h5-8,13,15,18-19,21H,9-12,14,16-17H2,1-4H3,(H,29,36). The van der Waals surface area contributed by atoms with E-state index in [0.29, 0.717) is 49.6 Å². The van der Waals surface area contributed by atoms with Gasteiger partial charge in [0.15, 0.2) is 11.5 Å². The van der Waals surface area contributed by atoms with E-state index in [-0.39, 0.29) is 31.3 Å². The Balaban J connectivity index is 1.38. The van der Waals surface area contributed by atoms with Gasteiger partial charge in [-0.15, -0.1) is 0 Å². The molecule has 1 amide bonds. The molecule has 1 fully saturated rings. The van der Waals surface area contributed by atoms with Crippen LogP contribution in [0.4, 0.5) is 5.82 Å². The van der Waals surface area contributed by atoms with Crippen LogP contribution in [-0.4, -0.2) is 95.4 Å². The van der Waals surface area contributed by atoms with Gasteiger partial charge in [-0.25, -0.2) is 9.97 Å². The molecule has 2 aliphatic rings. The van der Waals surface area contributed by atoms with Crippen molar-refractivity contribution in [3.05, 3.63) is 54.2 Å². The highest BCUT2D eigenvalue weighted by atomic mass is 32.2. The summed E-state index contributed by atoms with van der Waals surface area (Å²) in [6.45, 7) is 6.16. The third-order valence-electron chi connectivity index (χ3n) is 7.09. The molecular formula is C27H36N8O5S. The molecule has 1 aromatic carbocycles. The Bertz CT molecular complexity index is 1480. The molecule has 1 atom stereocenters. The van der Waals surface area contributed by atoms with Crippen molar-refractivity contribution in [3.8, 4) is 17.4 Å². The highest BCUT2D eigenvalue weighted by Gasteiger charge is 2.36. The van der Waals surface area contributed by atoms with Gasteiger partial charge >= 0.3 is 0 Å². The van der Waals surface area contributed by atoms with Gasteiger partial charge in [0.25, 0.3) is 10.2 Å². The maximum atomic E-state index is 13.3. The highest BCUT2D eigenvalue weighted by Crippen LogP contribution is 2.31. The zero-order valence-corrected chi connectivity index (χ0v) is 24.5. The molecule has 3 aromatic rings. The summed E-state index contributed by atoms with van der Waals surface area (Å²) < 4.78 is 41.6. The van der Waals surface area contributed by atoms with Crippen molar-refractivity contribution in [3.63, 3.8) is 0 Å². The molecule has 4 heterocycles. The molecule has 2 aromatic heterocycles. The second-order valence-corrected chi connectivity index (χ2v) is 12.7. The van der Waals surface area contributed by atoms with Crippen LogP contribution in [0.2, 0.25) is 0 Å². The molecule has 1 saturated heterocycles. The van der Waals surface area contributed by atoms with E-state index >= 15 is 0 Å². The Morgan fingerprint density at radius 2 is 1.90 bits per heavy atom. The minimum atomic E-state index is -3.67. The molecule has 1 N–H and O–H groups in total. The van der Waals surface area contributed by atoms with Gasteiger partial charge in [0.05, 0.1) is 11.7 Å². The van der Waals surface area contributed by atoms with Gasteiger partial charge in [-0.1, -0.05) is 19.9 Å². The van der Waals surface area contributed by atoms with Crippen molar-refractivity contribution in [1.29, 1.82) is 0 Å². The predicted octanol–water partition coefficient (Wildman–Crippen LogP) is 1.56. The first-order valence-electron chi connectivity index (χ1n) is 13.6. The maximum absolute atomic E-state index is 13.3. The number of fused-ring (bicyclic) bond motifs is 1. The van der Waals surface area contributed by atoms with E-state index in [1.54, 1.807) is 23.3 Å².